The van der Waals surface area contributed by atoms with Crippen molar-refractivity contribution in [3.05, 3.63) is 42.5 Å². The average molecular weight is 433 g/mol. The quantitative estimate of drug-likeness (QED) is 0.335. The number of benzene rings is 2. The van der Waals surface area contributed by atoms with E-state index >= 15 is 0 Å². The van der Waals surface area contributed by atoms with Crippen molar-refractivity contribution in [2.24, 2.45) is 4.99 Å². The highest BCUT2D eigenvalue weighted by Crippen LogP contribution is 2.20. The fourth-order valence-corrected chi connectivity index (χ4v) is 4.30. The standard InChI is InChI=1S/C24H28N6O2/c25-17-26-24(27-20-11-10-18-7-1-2-8-19(18)15-20)28-21-9-3-4-14-30(23(21)32)16-22(31)29-12-5-6-13-29/h1-2,7-8,10-11,15,21H,3-6,9,12-14,16H2,(H2,26,27,28)/t21-/m1/s1. The topological polar surface area (TPSA) is 101 Å². The zero-order valence-corrected chi connectivity index (χ0v) is 18.1. The number of nitrogens with one attached hydrogen (secondary N) is 2. The van der Waals surface area contributed by atoms with Crippen LogP contribution in [0.25, 0.3) is 10.8 Å². The van der Waals surface area contributed by atoms with Crippen molar-refractivity contribution in [3.8, 4) is 6.19 Å². The van der Waals surface area contributed by atoms with Gasteiger partial charge in [0.25, 0.3) is 0 Å². The van der Waals surface area contributed by atoms with Crippen molar-refractivity contribution in [1.29, 1.82) is 5.26 Å². The van der Waals surface area contributed by atoms with Crippen LogP contribution in [0.1, 0.15) is 32.1 Å². The monoisotopic (exact) mass is 432 g/mol. The summed E-state index contributed by atoms with van der Waals surface area (Å²) in [7, 11) is 0. The van der Waals surface area contributed by atoms with Gasteiger partial charge in [0, 0.05) is 25.3 Å². The van der Waals surface area contributed by atoms with E-state index in [1.54, 1.807) is 4.90 Å². The van der Waals surface area contributed by atoms with Crippen LogP contribution in [0.15, 0.2) is 47.5 Å². The number of nitriles is 1. The Morgan fingerprint density at radius 1 is 1.06 bits per heavy atom. The molecule has 0 saturated carbocycles. The Morgan fingerprint density at radius 3 is 2.59 bits per heavy atom. The van der Waals surface area contributed by atoms with Crippen molar-refractivity contribution < 1.29 is 9.59 Å². The predicted molar refractivity (Wildman–Crippen MR) is 124 cm³/mol. The van der Waals surface area contributed by atoms with E-state index in [1.807, 2.05) is 53.6 Å². The molecule has 2 aliphatic heterocycles. The first-order valence-corrected chi connectivity index (χ1v) is 11.2. The average Bonchev–Trinajstić information content (AvgIpc) is 3.29. The number of likely N-dealkylation sites (tertiary alicyclic amines) is 2. The molecule has 32 heavy (non-hydrogen) atoms. The van der Waals surface area contributed by atoms with E-state index in [1.165, 1.54) is 0 Å². The third kappa shape index (κ3) is 5.17. The highest BCUT2D eigenvalue weighted by Gasteiger charge is 2.30. The second kappa shape index (κ2) is 10.1. The SMILES string of the molecule is N#CNC(=N[C@@H]1CCCCN(CC(=O)N2CCCC2)C1=O)Nc1ccc2ccccc2c1. The van der Waals surface area contributed by atoms with E-state index in [9.17, 15) is 14.9 Å². The molecule has 8 nitrogen and oxygen atoms in total. The molecular weight excluding hydrogens is 404 g/mol. The van der Waals surface area contributed by atoms with Gasteiger partial charge in [-0.05, 0) is 55.0 Å². The van der Waals surface area contributed by atoms with Crippen LogP contribution in [0.5, 0.6) is 0 Å². The lowest BCUT2D eigenvalue weighted by Crippen LogP contribution is -2.45. The van der Waals surface area contributed by atoms with E-state index in [4.69, 9.17) is 0 Å². The van der Waals surface area contributed by atoms with Crippen molar-refractivity contribution >= 4 is 34.2 Å². The van der Waals surface area contributed by atoms with E-state index in [-0.39, 0.29) is 24.3 Å². The van der Waals surface area contributed by atoms with E-state index in [0.29, 0.717) is 13.0 Å². The van der Waals surface area contributed by atoms with Crippen molar-refractivity contribution in [3.63, 3.8) is 0 Å². The molecule has 0 unspecified atom stereocenters. The molecule has 0 bridgehead atoms. The number of carbonyl (C=O) groups is 2. The second-order valence-electron chi connectivity index (χ2n) is 8.26. The lowest BCUT2D eigenvalue weighted by molar-refractivity contribution is -0.140. The maximum absolute atomic E-state index is 13.2. The highest BCUT2D eigenvalue weighted by atomic mass is 16.2. The Hall–Kier alpha value is -3.60. The number of carbonyl (C=O) groups excluding carboxylic acids is 2. The molecule has 8 heteroatoms. The van der Waals surface area contributed by atoms with Crippen LogP contribution in [0.2, 0.25) is 0 Å². The van der Waals surface area contributed by atoms with Crippen LogP contribution in [0, 0.1) is 11.5 Å². The summed E-state index contributed by atoms with van der Waals surface area (Å²) < 4.78 is 0. The van der Waals surface area contributed by atoms with Crippen molar-refractivity contribution in [2.75, 3.05) is 31.5 Å². The van der Waals surface area contributed by atoms with Gasteiger partial charge in [-0.1, -0.05) is 30.3 Å². The molecule has 2 heterocycles. The Balaban J connectivity index is 1.49. The molecule has 2 amide bonds. The minimum absolute atomic E-state index is 0.00476. The summed E-state index contributed by atoms with van der Waals surface area (Å²) in [5.41, 5.74) is 0.771. The van der Waals surface area contributed by atoms with Gasteiger partial charge in [0.05, 0.1) is 6.54 Å². The second-order valence-corrected chi connectivity index (χ2v) is 8.26. The normalized spacial score (nSPS) is 19.5. The molecule has 2 fully saturated rings. The molecule has 0 radical (unpaired) electrons. The van der Waals surface area contributed by atoms with Gasteiger partial charge in [-0.3, -0.25) is 14.9 Å². The van der Waals surface area contributed by atoms with Crippen LogP contribution in [0.3, 0.4) is 0 Å². The van der Waals surface area contributed by atoms with Gasteiger partial charge in [0.2, 0.25) is 17.8 Å². The summed E-state index contributed by atoms with van der Waals surface area (Å²) in [6.07, 6.45) is 6.21. The van der Waals surface area contributed by atoms with Crippen LogP contribution in [0.4, 0.5) is 5.69 Å². The van der Waals surface area contributed by atoms with Gasteiger partial charge < -0.3 is 15.1 Å². The summed E-state index contributed by atoms with van der Waals surface area (Å²) in [6.45, 7) is 2.20. The predicted octanol–water partition coefficient (Wildman–Crippen LogP) is 2.68. The third-order valence-electron chi connectivity index (χ3n) is 6.01. The minimum atomic E-state index is -0.632. The molecule has 166 valence electrons. The Labute approximate surface area is 187 Å². The number of hydrogen-bond donors (Lipinski definition) is 2. The molecule has 0 aromatic heterocycles. The van der Waals surface area contributed by atoms with Gasteiger partial charge in [-0.25, -0.2) is 4.99 Å². The first-order chi connectivity index (χ1) is 15.6. The van der Waals surface area contributed by atoms with Gasteiger partial charge >= 0.3 is 0 Å². The summed E-state index contributed by atoms with van der Waals surface area (Å²) in [5, 5.41) is 17.1. The molecule has 0 spiro atoms. The Kier molecular flexibility index (Phi) is 6.85. The van der Waals surface area contributed by atoms with Crippen LogP contribution in [-0.4, -0.2) is 59.8 Å². The number of anilines is 1. The molecule has 4 rings (SSSR count). The fourth-order valence-electron chi connectivity index (χ4n) is 4.30. The zero-order chi connectivity index (χ0) is 22.3. The zero-order valence-electron chi connectivity index (χ0n) is 18.1. The molecule has 2 N–H and O–H groups in total. The number of hydrogen-bond acceptors (Lipinski definition) is 4. The van der Waals surface area contributed by atoms with E-state index in [0.717, 1.165) is 55.2 Å². The lowest BCUT2D eigenvalue weighted by atomic mass is 10.1. The van der Waals surface area contributed by atoms with Gasteiger partial charge in [0.15, 0.2) is 6.19 Å². The summed E-state index contributed by atoms with van der Waals surface area (Å²) in [6, 6.07) is 13.2. The smallest absolute Gasteiger partial charge is 0.247 e. The largest absolute Gasteiger partial charge is 0.341 e. The van der Waals surface area contributed by atoms with Crippen LogP contribution in [-0.2, 0) is 9.59 Å². The van der Waals surface area contributed by atoms with E-state index < -0.39 is 6.04 Å². The number of guanidine groups is 1. The molecule has 2 aromatic carbocycles. The van der Waals surface area contributed by atoms with Crippen molar-refractivity contribution in [2.45, 2.75) is 38.1 Å². The number of rotatable bonds is 4. The third-order valence-corrected chi connectivity index (χ3v) is 6.01. The van der Waals surface area contributed by atoms with Crippen LogP contribution >= 0.6 is 0 Å². The van der Waals surface area contributed by atoms with Crippen LogP contribution < -0.4 is 10.6 Å². The maximum atomic E-state index is 13.2. The maximum Gasteiger partial charge on any atom is 0.247 e. The summed E-state index contributed by atoms with van der Waals surface area (Å²) in [5.74, 6) is 0.0755. The Morgan fingerprint density at radius 2 is 1.81 bits per heavy atom. The van der Waals surface area contributed by atoms with E-state index in [2.05, 4.69) is 15.6 Å². The molecule has 2 aliphatic rings. The van der Waals surface area contributed by atoms with Gasteiger partial charge in [-0.15, -0.1) is 0 Å². The molecule has 0 aliphatic carbocycles. The first-order valence-electron chi connectivity index (χ1n) is 11.2. The summed E-state index contributed by atoms with van der Waals surface area (Å²) in [4.78, 5) is 33.8. The number of fused-ring (bicyclic) bond motifs is 1. The molecule has 1 atom stereocenters. The van der Waals surface area contributed by atoms with Crippen molar-refractivity contribution in [1.82, 2.24) is 15.1 Å². The first kappa shape index (κ1) is 21.6. The molecule has 2 saturated heterocycles. The Bertz CT molecular complexity index is 1050. The minimum Gasteiger partial charge on any atom is -0.341 e. The fraction of sp³-hybridized carbons (Fsp3) is 0.417. The summed E-state index contributed by atoms with van der Waals surface area (Å²) >= 11 is 0. The molecular formula is C24H28N6O2. The number of amides is 2. The van der Waals surface area contributed by atoms with Gasteiger partial charge in [-0.2, -0.15) is 5.26 Å². The highest BCUT2D eigenvalue weighted by molar-refractivity contribution is 5.99. The molecule has 2 aromatic rings. The number of nitrogens with zero attached hydrogens (tertiary/aromatic N) is 4. The number of aliphatic imine (C=N–C) groups is 1. The van der Waals surface area contributed by atoms with Gasteiger partial charge in [0.1, 0.15) is 6.04 Å². The lowest BCUT2D eigenvalue weighted by Gasteiger charge is -2.25.